The molecule has 2 aliphatic heterocycles. The predicted octanol–water partition coefficient (Wildman–Crippen LogP) is 5.06. The zero-order valence-electron chi connectivity index (χ0n) is 46.6. The number of aliphatic imine (C=N–C) groups is 1. The van der Waals surface area contributed by atoms with Gasteiger partial charge in [0.25, 0.3) is 11.8 Å². The molecule has 4 rings (SSSR count). The Morgan fingerprint density at radius 3 is 2.01 bits per heavy atom. The summed E-state index contributed by atoms with van der Waals surface area (Å²) in [6.45, 7) is 11.4. The number of methoxy groups -OCH3 is 2. The number of nitrogens with zero attached hydrogens (tertiary/aromatic N) is 6. The Labute approximate surface area is 445 Å². The van der Waals surface area contributed by atoms with E-state index in [0.717, 1.165) is 36.8 Å². The molecule has 8 amide bonds. The summed E-state index contributed by atoms with van der Waals surface area (Å²) in [6, 6.07) is 13.7. The van der Waals surface area contributed by atoms with E-state index in [1.54, 1.807) is 55.1 Å². The van der Waals surface area contributed by atoms with E-state index in [1.807, 2.05) is 82.2 Å². The maximum atomic E-state index is 14.5. The zero-order chi connectivity index (χ0) is 55.4. The monoisotopic (exact) mass is 1040 g/mol. The van der Waals surface area contributed by atoms with Gasteiger partial charge in [-0.1, -0.05) is 96.3 Å². The Morgan fingerprint density at radius 1 is 0.787 bits per heavy atom. The minimum Gasteiger partial charge on any atom is -0.379 e. The highest BCUT2D eigenvalue weighted by atomic mass is 16.5. The lowest BCUT2D eigenvalue weighted by Gasteiger charge is -2.40. The third kappa shape index (κ3) is 17.9. The number of likely N-dealkylation sites (N-methyl/N-ethyl adjacent to an activating group) is 1. The number of amides is 8. The number of likely N-dealkylation sites (tertiary alicyclic amines) is 1. The highest BCUT2D eigenvalue weighted by molar-refractivity contribution is 6.12. The van der Waals surface area contributed by atoms with E-state index in [4.69, 9.17) is 14.5 Å². The van der Waals surface area contributed by atoms with Gasteiger partial charge in [0, 0.05) is 99.9 Å². The van der Waals surface area contributed by atoms with Crippen LogP contribution in [0.3, 0.4) is 0 Å². The molecule has 0 spiro atoms. The highest BCUT2D eigenvalue weighted by Crippen LogP contribution is 2.30. The van der Waals surface area contributed by atoms with Gasteiger partial charge in [0.15, 0.2) is 5.96 Å². The number of ether oxygens (including phenoxy) is 2. The van der Waals surface area contributed by atoms with Crippen molar-refractivity contribution in [2.24, 2.45) is 22.7 Å². The van der Waals surface area contributed by atoms with Crippen molar-refractivity contribution in [1.29, 1.82) is 0 Å². The number of anilines is 1. The molecule has 0 aromatic heterocycles. The molecular formula is C56H86N10O9. The first-order chi connectivity index (χ1) is 35.7. The van der Waals surface area contributed by atoms with Gasteiger partial charge in [0.2, 0.25) is 23.6 Å². The normalized spacial score (nSPS) is 17.1. The van der Waals surface area contributed by atoms with E-state index in [2.05, 4.69) is 35.1 Å². The van der Waals surface area contributed by atoms with Crippen molar-refractivity contribution in [3.63, 3.8) is 0 Å². The first-order valence-corrected chi connectivity index (χ1v) is 26.6. The van der Waals surface area contributed by atoms with Crippen molar-refractivity contribution >= 4 is 53.1 Å². The van der Waals surface area contributed by atoms with Gasteiger partial charge in [-0.25, -0.2) is 9.79 Å². The predicted molar refractivity (Wildman–Crippen MR) is 291 cm³/mol. The Bertz CT molecular complexity index is 2230. The second-order valence-corrected chi connectivity index (χ2v) is 20.6. The van der Waals surface area contributed by atoms with E-state index >= 15 is 0 Å². The van der Waals surface area contributed by atoms with Crippen molar-refractivity contribution in [1.82, 2.24) is 40.4 Å². The molecule has 2 heterocycles. The average Bonchev–Trinajstić information content (AvgIpc) is 4.00. The third-order valence-electron chi connectivity index (χ3n) is 14.3. The lowest BCUT2D eigenvalue weighted by molar-refractivity contribution is -0.146. The second kappa shape index (κ2) is 30.3. The van der Waals surface area contributed by atoms with Crippen LogP contribution in [0, 0.1) is 17.8 Å². The summed E-state index contributed by atoms with van der Waals surface area (Å²) in [5, 5.41) is 11.7. The number of carbonyl (C=O) groups is 7. The van der Waals surface area contributed by atoms with Crippen molar-refractivity contribution in [3.8, 4) is 0 Å². The van der Waals surface area contributed by atoms with Gasteiger partial charge in [-0.05, 0) is 60.8 Å². The van der Waals surface area contributed by atoms with Gasteiger partial charge in [0.1, 0.15) is 12.1 Å². The largest absolute Gasteiger partial charge is 0.379 e. The Kier molecular flexibility index (Phi) is 24.7. The standard InChI is InChI=1S/C56H86N10O9/c1-13-38(4)50(64(10)54(72)49(37(2)3)61-56(62(6)7)63(8)9)45(74-11)35-48(69)65-33-21-24-44(65)51(75-12)39(5)52(70)60-43(34-40-22-17-16-18-23-40)53(71)59-42-27-25-41(26-28-42)36-58-55(73)57-31-19-14-15-20-32-66-46(67)29-30-47(66)68/h16-18,22-23,25-30,37-39,43-45,49-51H,13-15,19-21,24,31-36H2,1-12H3,(H,59,71)(H,60,70)(H2,57,58,73)/t38-,39+,43-,44-,45+,49-,50-,51+/m0/s1. The molecule has 75 heavy (non-hydrogen) atoms. The third-order valence-corrected chi connectivity index (χ3v) is 14.3. The van der Waals surface area contributed by atoms with Gasteiger partial charge < -0.3 is 50.3 Å². The van der Waals surface area contributed by atoms with E-state index < -0.39 is 54.1 Å². The lowest BCUT2D eigenvalue weighted by Crippen LogP contribution is -2.55. The molecule has 2 aromatic rings. The van der Waals surface area contributed by atoms with Crippen molar-refractivity contribution in [2.75, 3.05) is 74.4 Å². The molecule has 0 radical (unpaired) electrons. The maximum absolute atomic E-state index is 14.5. The number of nitrogens with one attached hydrogen (secondary N) is 4. The van der Waals surface area contributed by atoms with Gasteiger partial charge in [-0.15, -0.1) is 0 Å². The number of carbonyl (C=O) groups excluding carboxylic acids is 7. The molecule has 0 unspecified atom stereocenters. The van der Waals surface area contributed by atoms with Crippen LogP contribution in [0.15, 0.2) is 71.7 Å². The Balaban J connectivity index is 1.37. The lowest BCUT2D eigenvalue weighted by atomic mass is 9.89. The van der Waals surface area contributed by atoms with E-state index in [-0.39, 0.29) is 60.9 Å². The molecule has 4 N–H and O–H groups in total. The molecule has 414 valence electrons. The fraction of sp³-hybridized carbons (Fsp3) is 0.607. The van der Waals surface area contributed by atoms with E-state index in [9.17, 15) is 33.6 Å². The van der Waals surface area contributed by atoms with Crippen LogP contribution in [0.1, 0.15) is 97.1 Å². The zero-order valence-corrected chi connectivity index (χ0v) is 46.6. The first kappa shape index (κ1) is 61.2. The van der Waals surface area contributed by atoms with Crippen LogP contribution >= 0.6 is 0 Å². The molecule has 1 fully saturated rings. The van der Waals surface area contributed by atoms with Crippen LogP contribution in [0.25, 0.3) is 0 Å². The van der Waals surface area contributed by atoms with Crippen molar-refractivity contribution in [3.05, 3.63) is 77.9 Å². The summed E-state index contributed by atoms with van der Waals surface area (Å²) in [6.07, 6.45) is 6.66. The fourth-order valence-electron chi connectivity index (χ4n) is 9.90. The van der Waals surface area contributed by atoms with Crippen LogP contribution in [-0.4, -0.2) is 177 Å². The molecule has 0 bridgehead atoms. The Morgan fingerprint density at radius 2 is 1.43 bits per heavy atom. The van der Waals surface area contributed by atoms with Crippen molar-refractivity contribution < 1.29 is 43.0 Å². The molecular weight excluding hydrogens is 957 g/mol. The van der Waals surface area contributed by atoms with Crippen LogP contribution < -0.4 is 21.3 Å². The minimum atomic E-state index is -0.958. The SMILES string of the molecule is CC[C@H](C)[C@@H]([C@@H](CC(=O)N1CCC[C@H]1[C@H](OC)[C@@H](C)C(=O)N[C@@H](Cc1ccccc1)C(=O)Nc1ccc(CNC(=O)NCCCCCCN2C(=O)C=CC2=O)cc1)OC)N(C)C(=O)[C@@H](N=C(N(C)C)N(C)C)C(C)C. The Hall–Kier alpha value is -6.34. The number of guanidine groups is 1. The molecule has 0 aliphatic carbocycles. The van der Waals surface area contributed by atoms with Gasteiger partial charge >= 0.3 is 6.03 Å². The summed E-state index contributed by atoms with van der Waals surface area (Å²) < 4.78 is 12.2. The highest BCUT2D eigenvalue weighted by Gasteiger charge is 2.43. The van der Waals surface area contributed by atoms with E-state index in [1.165, 1.54) is 24.2 Å². The topological polar surface area (TPSA) is 215 Å². The van der Waals surface area contributed by atoms with Crippen molar-refractivity contribution in [2.45, 2.75) is 135 Å². The first-order valence-electron chi connectivity index (χ1n) is 26.6. The number of hydrogen-bond donors (Lipinski definition) is 4. The number of hydrogen-bond acceptors (Lipinski definition) is 10. The summed E-state index contributed by atoms with van der Waals surface area (Å²) in [5.74, 6) is -1.89. The molecule has 0 saturated carbocycles. The number of imide groups is 1. The van der Waals surface area contributed by atoms with E-state index in [0.29, 0.717) is 50.5 Å². The average molecular weight is 1040 g/mol. The van der Waals surface area contributed by atoms with Crippen LogP contribution in [-0.2, 0) is 51.2 Å². The summed E-state index contributed by atoms with van der Waals surface area (Å²) in [4.78, 5) is 106. The van der Waals surface area contributed by atoms with Gasteiger partial charge in [-0.3, -0.25) is 33.7 Å². The number of benzene rings is 2. The second-order valence-electron chi connectivity index (χ2n) is 20.6. The fourth-order valence-corrected chi connectivity index (χ4v) is 9.90. The van der Waals surface area contributed by atoms with Crippen LogP contribution in [0.4, 0.5) is 10.5 Å². The van der Waals surface area contributed by atoms with Gasteiger partial charge in [-0.2, -0.15) is 0 Å². The smallest absolute Gasteiger partial charge is 0.315 e. The molecule has 2 aliphatic rings. The maximum Gasteiger partial charge on any atom is 0.315 e. The quantitative estimate of drug-likeness (QED) is 0.0383. The number of rotatable bonds is 28. The number of unbranched alkanes of at least 4 members (excludes halogenated alkanes) is 3. The molecule has 8 atom stereocenters. The van der Waals surface area contributed by atoms with Crippen LogP contribution in [0.5, 0.6) is 0 Å². The summed E-state index contributed by atoms with van der Waals surface area (Å²) in [7, 11) is 12.5. The summed E-state index contributed by atoms with van der Waals surface area (Å²) >= 11 is 0. The van der Waals surface area contributed by atoms with Crippen LogP contribution in [0.2, 0.25) is 0 Å². The number of urea groups is 1. The minimum absolute atomic E-state index is 0.0103. The molecule has 19 nitrogen and oxygen atoms in total. The molecule has 19 heteroatoms. The molecule has 1 saturated heterocycles. The summed E-state index contributed by atoms with van der Waals surface area (Å²) in [5.41, 5.74) is 2.17. The molecule has 2 aromatic carbocycles. The van der Waals surface area contributed by atoms with Gasteiger partial charge in [0.05, 0.1) is 36.6 Å².